The van der Waals surface area contributed by atoms with Gasteiger partial charge in [0.05, 0.1) is 0 Å². The molecule has 108 valence electrons. The Balaban J connectivity index is 0.000000174. The molecule has 0 spiro atoms. The zero-order valence-electron chi connectivity index (χ0n) is 12.7. The van der Waals surface area contributed by atoms with Crippen LogP contribution in [0.4, 0.5) is 0 Å². The van der Waals surface area contributed by atoms with Crippen LogP contribution in [0, 0.1) is 12.3 Å². The molecule has 0 fully saturated rings. The summed E-state index contributed by atoms with van der Waals surface area (Å²) in [5, 5.41) is 7.54. The van der Waals surface area contributed by atoms with Gasteiger partial charge in [0, 0.05) is 12.1 Å². The quantitative estimate of drug-likeness (QED) is 0.575. The fraction of sp³-hybridized carbons (Fsp3) is 0.0952. The average Bonchev–Trinajstić information content (AvgIpc) is 2.90. The summed E-state index contributed by atoms with van der Waals surface area (Å²) in [6.07, 6.45) is 1.53. The lowest BCUT2D eigenvalue weighted by atomic mass is 9.99. The Labute approximate surface area is 131 Å². The molecule has 0 aliphatic heterocycles. The van der Waals surface area contributed by atoms with E-state index in [9.17, 15) is 0 Å². The molecule has 1 N–H and O–H groups in total. The molecule has 0 bridgehead atoms. The van der Waals surface area contributed by atoms with Crippen molar-refractivity contribution in [1.82, 2.24) is 0 Å². The van der Waals surface area contributed by atoms with Crippen LogP contribution in [0.2, 0.25) is 0 Å². The van der Waals surface area contributed by atoms with Gasteiger partial charge in [0.2, 0.25) is 0 Å². The van der Waals surface area contributed by atoms with Gasteiger partial charge in [-0.15, -0.1) is 0 Å². The maximum atomic E-state index is 7.54. The van der Waals surface area contributed by atoms with E-state index in [4.69, 9.17) is 5.41 Å². The summed E-state index contributed by atoms with van der Waals surface area (Å²) < 4.78 is 0. The summed E-state index contributed by atoms with van der Waals surface area (Å²) in [6, 6.07) is 27.0. The molecule has 3 aromatic rings. The molecule has 1 heteroatoms. The first-order chi connectivity index (χ1) is 10.8. The van der Waals surface area contributed by atoms with Gasteiger partial charge in [-0.05, 0) is 29.2 Å². The van der Waals surface area contributed by atoms with E-state index in [-0.39, 0.29) is 5.92 Å². The number of hydrogen-bond donors (Lipinski definition) is 1. The Morgan fingerprint density at radius 1 is 0.682 bits per heavy atom. The molecule has 4 rings (SSSR count). The SMILES string of the molecule is Cc1ccccc1.N=CC1c2ccccc2-c2ccccc21. The van der Waals surface area contributed by atoms with Crippen molar-refractivity contribution in [3.05, 3.63) is 95.6 Å². The van der Waals surface area contributed by atoms with Crippen molar-refractivity contribution < 1.29 is 0 Å². The fourth-order valence-electron chi connectivity index (χ4n) is 2.91. The zero-order valence-corrected chi connectivity index (χ0v) is 12.7. The minimum Gasteiger partial charge on any atom is -0.312 e. The van der Waals surface area contributed by atoms with Crippen molar-refractivity contribution in [2.24, 2.45) is 0 Å². The normalized spacial score (nSPS) is 11.9. The number of nitrogens with one attached hydrogen (secondary N) is 1. The summed E-state index contributed by atoms with van der Waals surface area (Å²) in [7, 11) is 0. The lowest BCUT2D eigenvalue weighted by Gasteiger charge is -2.05. The second-order valence-corrected chi connectivity index (χ2v) is 5.47. The van der Waals surface area contributed by atoms with E-state index in [1.54, 1.807) is 0 Å². The maximum absolute atomic E-state index is 7.54. The van der Waals surface area contributed by atoms with Crippen LogP contribution in [0.15, 0.2) is 78.9 Å². The molecule has 0 saturated heterocycles. The molecule has 0 aromatic heterocycles. The van der Waals surface area contributed by atoms with Gasteiger partial charge in [-0.3, -0.25) is 0 Å². The minimum absolute atomic E-state index is 0.150. The van der Waals surface area contributed by atoms with Crippen molar-refractivity contribution in [1.29, 1.82) is 5.41 Å². The smallest absolute Gasteiger partial charge is 0.0448 e. The summed E-state index contributed by atoms with van der Waals surface area (Å²) in [5.74, 6) is 0.150. The van der Waals surface area contributed by atoms with E-state index in [1.807, 2.05) is 30.3 Å². The van der Waals surface area contributed by atoms with Crippen LogP contribution in [0.3, 0.4) is 0 Å². The van der Waals surface area contributed by atoms with Gasteiger partial charge in [0.1, 0.15) is 0 Å². The van der Waals surface area contributed by atoms with E-state index >= 15 is 0 Å². The largest absolute Gasteiger partial charge is 0.312 e. The highest BCUT2D eigenvalue weighted by atomic mass is 14.4. The van der Waals surface area contributed by atoms with Gasteiger partial charge in [-0.25, -0.2) is 0 Å². The van der Waals surface area contributed by atoms with Crippen molar-refractivity contribution in [2.45, 2.75) is 12.8 Å². The summed E-state index contributed by atoms with van der Waals surface area (Å²) in [5.41, 5.74) is 6.40. The van der Waals surface area contributed by atoms with Gasteiger partial charge in [-0.1, -0.05) is 84.4 Å². The molecule has 1 aliphatic carbocycles. The first-order valence-electron chi connectivity index (χ1n) is 7.51. The maximum Gasteiger partial charge on any atom is 0.0448 e. The van der Waals surface area contributed by atoms with Crippen molar-refractivity contribution in [3.63, 3.8) is 0 Å². The van der Waals surface area contributed by atoms with Crippen LogP contribution >= 0.6 is 0 Å². The monoisotopic (exact) mass is 285 g/mol. The average molecular weight is 285 g/mol. The Hall–Kier alpha value is -2.67. The summed E-state index contributed by atoms with van der Waals surface area (Å²) in [4.78, 5) is 0. The third kappa shape index (κ3) is 2.71. The topological polar surface area (TPSA) is 23.9 Å². The third-order valence-electron chi connectivity index (χ3n) is 3.99. The second kappa shape index (κ2) is 6.40. The molecular weight excluding hydrogens is 266 g/mol. The van der Waals surface area contributed by atoms with Crippen LogP contribution in [0.5, 0.6) is 0 Å². The predicted molar refractivity (Wildman–Crippen MR) is 93.7 cm³/mol. The standard InChI is InChI=1S/C14H11N.C7H8/c15-9-14-12-7-3-1-5-10(12)11-6-2-4-8-13(11)14;1-7-5-3-2-4-6-7/h1-9,14-15H;2-6H,1H3. The van der Waals surface area contributed by atoms with E-state index in [0.29, 0.717) is 0 Å². The fourth-order valence-corrected chi connectivity index (χ4v) is 2.91. The van der Waals surface area contributed by atoms with Crippen LogP contribution < -0.4 is 0 Å². The van der Waals surface area contributed by atoms with Gasteiger partial charge in [-0.2, -0.15) is 0 Å². The van der Waals surface area contributed by atoms with E-state index in [2.05, 4.69) is 55.5 Å². The third-order valence-corrected chi connectivity index (χ3v) is 3.99. The number of hydrogen-bond acceptors (Lipinski definition) is 1. The van der Waals surface area contributed by atoms with Crippen molar-refractivity contribution >= 4 is 6.21 Å². The molecular formula is C21H19N. The Morgan fingerprint density at radius 2 is 1.14 bits per heavy atom. The van der Waals surface area contributed by atoms with Gasteiger partial charge in [0.25, 0.3) is 0 Å². The second-order valence-electron chi connectivity index (χ2n) is 5.47. The molecule has 0 heterocycles. The molecule has 22 heavy (non-hydrogen) atoms. The first kappa shape index (κ1) is 14.3. The summed E-state index contributed by atoms with van der Waals surface area (Å²) in [6.45, 7) is 2.08. The highest BCUT2D eigenvalue weighted by Crippen LogP contribution is 2.43. The van der Waals surface area contributed by atoms with Gasteiger partial charge in [0.15, 0.2) is 0 Å². The molecule has 3 aromatic carbocycles. The Kier molecular flexibility index (Phi) is 4.15. The molecule has 1 nitrogen and oxygen atoms in total. The van der Waals surface area contributed by atoms with Crippen molar-refractivity contribution in [3.8, 4) is 11.1 Å². The number of benzene rings is 3. The van der Waals surface area contributed by atoms with Crippen LogP contribution in [-0.4, -0.2) is 6.21 Å². The lowest BCUT2D eigenvalue weighted by Crippen LogP contribution is -1.95. The van der Waals surface area contributed by atoms with E-state index < -0.39 is 0 Å². The molecule has 1 aliphatic rings. The van der Waals surface area contributed by atoms with Crippen LogP contribution in [0.25, 0.3) is 11.1 Å². The Morgan fingerprint density at radius 3 is 1.55 bits per heavy atom. The van der Waals surface area contributed by atoms with Crippen molar-refractivity contribution in [2.75, 3.05) is 0 Å². The van der Waals surface area contributed by atoms with E-state index in [0.717, 1.165) is 0 Å². The van der Waals surface area contributed by atoms with E-state index in [1.165, 1.54) is 34.0 Å². The number of aryl methyl sites for hydroxylation is 1. The molecule has 0 radical (unpaired) electrons. The van der Waals surface area contributed by atoms with Crippen LogP contribution in [-0.2, 0) is 0 Å². The number of rotatable bonds is 1. The summed E-state index contributed by atoms with van der Waals surface area (Å²) >= 11 is 0. The van der Waals surface area contributed by atoms with Gasteiger partial charge >= 0.3 is 0 Å². The first-order valence-corrected chi connectivity index (χ1v) is 7.51. The lowest BCUT2D eigenvalue weighted by molar-refractivity contribution is 1.14. The minimum atomic E-state index is 0.150. The van der Waals surface area contributed by atoms with Gasteiger partial charge < -0.3 is 5.41 Å². The molecule has 0 amide bonds. The molecule has 0 saturated carbocycles. The zero-order chi connectivity index (χ0) is 15.4. The van der Waals surface area contributed by atoms with Crippen LogP contribution in [0.1, 0.15) is 22.6 Å². The predicted octanol–water partition coefficient (Wildman–Crippen LogP) is 5.44. The number of fused-ring (bicyclic) bond motifs is 3. The Bertz CT molecular complexity index is 729. The molecule has 0 atom stereocenters. The highest BCUT2D eigenvalue weighted by molar-refractivity contribution is 5.88. The molecule has 0 unspecified atom stereocenters. The highest BCUT2D eigenvalue weighted by Gasteiger charge is 2.25.